The van der Waals surface area contributed by atoms with E-state index in [9.17, 15) is 9.18 Å². The van der Waals surface area contributed by atoms with Crippen molar-refractivity contribution in [3.63, 3.8) is 0 Å². The number of carbonyl (C=O) groups excluding carboxylic acids is 1. The number of halogens is 1. The van der Waals surface area contributed by atoms with E-state index >= 15 is 0 Å². The van der Waals surface area contributed by atoms with Gasteiger partial charge in [-0.05, 0) is 53.1 Å². The monoisotopic (exact) mass is 415 g/mol. The van der Waals surface area contributed by atoms with E-state index in [4.69, 9.17) is 5.73 Å². The lowest BCUT2D eigenvalue weighted by Gasteiger charge is -2.32. The molecule has 0 saturated carbocycles. The summed E-state index contributed by atoms with van der Waals surface area (Å²) in [7, 11) is 0. The van der Waals surface area contributed by atoms with Crippen LogP contribution in [0.25, 0.3) is 12.2 Å². The number of benzene rings is 2. The number of rotatable bonds is 5. The normalized spacial score (nSPS) is 14.8. The summed E-state index contributed by atoms with van der Waals surface area (Å²) >= 11 is 0. The summed E-state index contributed by atoms with van der Waals surface area (Å²) in [6, 6.07) is 16.9. The lowest BCUT2D eigenvalue weighted by Crippen LogP contribution is -2.38. The number of nitrogens with zero attached hydrogens (tertiary/aromatic N) is 2. The van der Waals surface area contributed by atoms with Gasteiger partial charge in [-0.15, -0.1) is 0 Å². The van der Waals surface area contributed by atoms with Crippen LogP contribution >= 0.6 is 0 Å². The lowest BCUT2D eigenvalue weighted by molar-refractivity contribution is 0.0712. The van der Waals surface area contributed by atoms with Gasteiger partial charge in [0.1, 0.15) is 5.82 Å². The van der Waals surface area contributed by atoms with Gasteiger partial charge in [-0.2, -0.15) is 0 Å². The summed E-state index contributed by atoms with van der Waals surface area (Å²) in [4.78, 5) is 19.1. The van der Waals surface area contributed by atoms with Crippen molar-refractivity contribution < 1.29 is 9.18 Å². The molecule has 2 aromatic carbocycles. The molecule has 0 aliphatic carbocycles. The second-order valence-electron chi connectivity index (χ2n) is 7.88. The molecule has 0 atom stereocenters. The van der Waals surface area contributed by atoms with Gasteiger partial charge >= 0.3 is 0 Å². The van der Waals surface area contributed by atoms with Gasteiger partial charge in [0.15, 0.2) is 0 Å². The molecule has 3 aromatic rings. The standard InChI is InChI=1S/C26H26FN3O/c27-25-9-8-20(16-28)15-24(25)22-10-12-30(13-11-22)26(31)23-14-21(17-29-18-23)7-6-19-4-2-1-3-5-19/h1-9,14-15,17-18,22H,10-13,16,28H2/b7-6-. The van der Waals surface area contributed by atoms with Crippen LogP contribution in [0.2, 0.25) is 0 Å². The Balaban J connectivity index is 1.41. The summed E-state index contributed by atoms with van der Waals surface area (Å²) in [6.07, 6.45) is 8.78. The number of piperidine rings is 1. The van der Waals surface area contributed by atoms with Crippen LogP contribution in [-0.4, -0.2) is 28.9 Å². The van der Waals surface area contributed by atoms with Gasteiger partial charge in [-0.1, -0.05) is 54.6 Å². The minimum absolute atomic E-state index is 0.0305. The van der Waals surface area contributed by atoms with Crippen LogP contribution in [0.4, 0.5) is 4.39 Å². The second kappa shape index (κ2) is 9.67. The molecule has 4 rings (SSSR count). The second-order valence-corrected chi connectivity index (χ2v) is 7.88. The molecule has 5 heteroatoms. The highest BCUT2D eigenvalue weighted by atomic mass is 19.1. The van der Waals surface area contributed by atoms with Crippen molar-refractivity contribution in [3.8, 4) is 0 Å². The van der Waals surface area contributed by atoms with E-state index in [0.29, 0.717) is 30.8 Å². The average molecular weight is 416 g/mol. The zero-order valence-electron chi connectivity index (χ0n) is 17.4. The van der Waals surface area contributed by atoms with Crippen molar-refractivity contribution in [3.05, 3.63) is 101 Å². The molecule has 1 aliphatic rings. The van der Waals surface area contributed by atoms with E-state index in [2.05, 4.69) is 4.98 Å². The number of amides is 1. The Morgan fingerprint density at radius 2 is 1.77 bits per heavy atom. The van der Waals surface area contributed by atoms with Crippen molar-refractivity contribution in [2.24, 2.45) is 5.73 Å². The molecule has 158 valence electrons. The summed E-state index contributed by atoms with van der Waals surface area (Å²) in [5.41, 5.74) is 9.89. The lowest BCUT2D eigenvalue weighted by atomic mass is 9.88. The molecule has 0 spiro atoms. The number of nitrogens with two attached hydrogens (primary N) is 1. The predicted molar refractivity (Wildman–Crippen MR) is 122 cm³/mol. The van der Waals surface area contributed by atoms with Crippen LogP contribution in [0.15, 0.2) is 67.0 Å². The van der Waals surface area contributed by atoms with E-state index in [1.54, 1.807) is 18.5 Å². The fourth-order valence-electron chi connectivity index (χ4n) is 4.03. The van der Waals surface area contributed by atoms with Crippen LogP contribution in [0.3, 0.4) is 0 Å². The summed E-state index contributed by atoms with van der Waals surface area (Å²) in [6.45, 7) is 1.59. The van der Waals surface area contributed by atoms with Crippen molar-refractivity contribution >= 4 is 18.1 Å². The fourth-order valence-corrected chi connectivity index (χ4v) is 4.03. The van der Waals surface area contributed by atoms with Crippen LogP contribution in [-0.2, 0) is 6.54 Å². The molecule has 2 heterocycles. The average Bonchev–Trinajstić information content (AvgIpc) is 2.83. The molecule has 1 aliphatic heterocycles. The maximum atomic E-state index is 14.3. The highest BCUT2D eigenvalue weighted by Crippen LogP contribution is 2.31. The maximum Gasteiger partial charge on any atom is 0.255 e. The molecular formula is C26H26FN3O. The van der Waals surface area contributed by atoms with Gasteiger partial charge in [-0.25, -0.2) is 4.39 Å². The van der Waals surface area contributed by atoms with Crippen LogP contribution in [0, 0.1) is 5.82 Å². The highest BCUT2D eigenvalue weighted by Gasteiger charge is 2.26. The van der Waals surface area contributed by atoms with Gasteiger partial charge in [0.05, 0.1) is 5.56 Å². The highest BCUT2D eigenvalue weighted by molar-refractivity contribution is 5.94. The first-order valence-corrected chi connectivity index (χ1v) is 10.6. The Morgan fingerprint density at radius 1 is 1.03 bits per heavy atom. The van der Waals surface area contributed by atoms with Gasteiger partial charge in [0, 0.05) is 32.0 Å². The van der Waals surface area contributed by atoms with Crippen molar-refractivity contribution in [1.29, 1.82) is 0 Å². The van der Waals surface area contributed by atoms with Gasteiger partial charge in [-0.3, -0.25) is 9.78 Å². The van der Waals surface area contributed by atoms with E-state index < -0.39 is 0 Å². The van der Waals surface area contributed by atoms with E-state index in [1.165, 1.54) is 6.07 Å². The van der Waals surface area contributed by atoms with Crippen molar-refractivity contribution in [2.75, 3.05) is 13.1 Å². The summed E-state index contributed by atoms with van der Waals surface area (Å²) in [5.74, 6) is -0.116. The minimum atomic E-state index is -0.191. The van der Waals surface area contributed by atoms with Gasteiger partial charge < -0.3 is 10.6 Å². The third-order valence-corrected chi connectivity index (χ3v) is 5.79. The van der Waals surface area contributed by atoms with Crippen LogP contribution < -0.4 is 5.73 Å². The number of aromatic nitrogens is 1. The first-order valence-electron chi connectivity index (χ1n) is 10.6. The zero-order valence-corrected chi connectivity index (χ0v) is 17.4. The van der Waals surface area contributed by atoms with Gasteiger partial charge in [0.25, 0.3) is 5.91 Å². The van der Waals surface area contributed by atoms with Crippen LogP contribution in [0.5, 0.6) is 0 Å². The first-order chi connectivity index (χ1) is 15.1. The summed E-state index contributed by atoms with van der Waals surface area (Å²) < 4.78 is 14.3. The van der Waals surface area contributed by atoms with Crippen molar-refractivity contribution in [1.82, 2.24) is 9.88 Å². The topological polar surface area (TPSA) is 59.2 Å². The summed E-state index contributed by atoms with van der Waals surface area (Å²) in [5, 5.41) is 0. The Hall–Kier alpha value is -3.31. The number of carbonyl (C=O) groups is 1. The maximum absolute atomic E-state index is 14.3. The largest absolute Gasteiger partial charge is 0.339 e. The van der Waals surface area contributed by atoms with E-state index in [0.717, 1.165) is 29.5 Å². The Morgan fingerprint density at radius 3 is 2.52 bits per heavy atom. The molecule has 0 unspecified atom stereocenters. The molecule has 1 fully saturated rings. The molecular weight excluding hydrogens is 389 g/mol. The molecule has 1 amide bonds. The van der Waals surface area contributed by atoms with E-state index in [-0.39, 0.29) is 17.6 Å². The third kappa shape index (κ3) is 5.06. The van der Waals surface area contributed by atoms with E-state index in [1.807, 2.05) is 59.5 Å². The third-order valence-electron chi connectivity index (χ3n) is 5.79. The molecule has 2 N–H and O–H groups in total. The number of likely N-dealkylation sites (tertiary alicyclic amines) is 1. The number of pyridine rings is 1. The molecule has 1 aromatic heterocycles. The molecule has 31 heavy (non-hydrogen) atoms. The quantitative estimate of drug-likeness (QED) is 0.647. The zero-order chi connectivity index (χ0) is 21.6. The molecule has 0 bridgehead atoms. The first kappa shape index (κ1) is 20.9. The fraction of sp³-hybridized carbons (Fsp3) is 0.231. The Labute approximate surface area is 182 Å². The minimum Gasteiger partial charge on any atom is -0.339 e. The molecule has 4 nitrogen and oxygen atoms in total. The van der Waals surface area contributed by atoms with Crippen LogP contribution in [0.1, 0.15) is 51.4 Å². The molecule has 1 saturated heterocycles. The van der Waals surface area contributed by atoms with Crippen molar-refractivity contribution in [2.45, 2.75) is 25.3 Å². The molecule has 0 radical (unpaired) electrons. The smallest absolute Gasteiger partial charge is 0.255 e. The van der Waals surface area contributed by atoms with Gasteiger partial charge in [0.2, 0.25) is 0 Å². The number of hydrogen-bond donors (Lipinski definition) is 1. The Kier molecular flexibility index (Phi) is 6.53. The number of hydrogen-bond acceptors (Lipinski definition) is 3. The predicted octanol–water partition coefficient (Wildman–Crippen LogP) is 4.87. The Bertz CT molecular complexity index is 1070. The SMILES string of the molecule is NCc1ccc(F)c(C2CCN(C(=O)c3cncc(/C=C\c4ccccc4)c3)CC2)c1.